The van der Waals surface area contributed by atoms with Crippen molar-refractivity contribution in [3.63, 3.8) is 0 Å². The highest BCUT2D eigenvalue weighted by atomic mass is 32.1. The van der Waals surface area contributed by atoms with Crippen molar-refractivity contribution < 1.29 is 5.11 Å². The van der Waals surface area contributed by atoms with E-state index in [4.69, 9.17) is 0 Å². The van der Waals surface area contributed by atoms with Gasteiger partial charge in [-0.15, -0.1) is 12.6 Å². The molecular formula is C7H8N4OS. The van der Waals surface area contributed by atoms with Crippen LogP contribution >= 0.6 is 12.6 Å². The molecule has 0 aliphatic heterocycles. The zero-order valence-corrected chi connectivity index (χ0v) is 7.86. The smallest absolute Gasteiger partial charge is 0.226 e. The summed E-state index contributed by atoms with van der Waals surface area (Å²) in [5.74, 6) is -0.0744. The van der Waals surface area contributed by atoms with E-state index in [0.717, 1.165) is 0 Å². The van der Waals surface area contributed by atoms with E-state index in [1.54, 1.807) is 10.9 Å². The second-order valence-electron chi connectivity index (χ2n) is 2.54. The van der Waals surface area contributed by atoms with Crippen LogP contribution in [0.2, 0.25) is 0 Å². The maximum Gasteiger partial charge on any atom is 0.226 e. The number of thiol groups is 1. The molecule has 0 aromatic carbocycles. The molecule has 0 spiro atoms. The highest BCUT2D eigenvalue weighted by molar-refractivity contribution is 7.80. The molecule has 6 heteroatoms. The van der Waals surface area contributed by atoms with Gasteiger partial charge >= 0.3 is 0 Å². The normalized spacial score (nSPS) is 10.9. The topological polar surface area (TPSA) is 63.8 Å². The van der Waals surface area contributed by atoms with Crippen molar-refractivity contribution in [1.29, 1.82) is 0 Å². The number of aromatic nitrogens is 4. The Morgan fingerprint density at radius 3 is 3.00 bits per heavy atom. The van der Waals surface area contributed by atoms with Crippen molar-refractivity contribution in [2.24, 2.45) is 0 Å². The van der Waals surface area contributed by atoms with Crippen molar-refractivity contribution in [3.8, 4) is 5.88 Å². The molecule has 2 heterocycles. The molecule has 0 aliphatic rings. The van der Waals surface area contributed by atoms with Crippen LogP contribution in [0, 0.1) is 0 Å². The van der Waals surface area contributed by atoms with E-state index in [0.29, 0.717) is 17.6 Å². The Hall–Kier alpha value is -1.30. The molecule has 1 N–H and O–H groups in total. The van der Waals surface area contributed by atoms with Crippen LogP contribution in [-0.4, -0.2) is 24.9 Å². The Balaban J connectivity index is 2.82. The molecule has 2 aromatic heterocycles. The van der Waals surface area contributed by atoms with E-state index in [1.807, 2.05) is 6.92 Å². The minimum Gasteiger partial charge on any atom is -0.493 e. The summed E-state index contributed by atoms with van der Waals surface area (Å²) in [5.41, 5.74) is 0.611. The van der Waals surface area contributed by atoms with Gasteiger partial charge in [0, 0.05) is 6.54 Å². The molecule has 0 atom stereocenters. The standard InChI is InChI=1S/C7H8N4OS/c1-2-11-5-4(3-8-11)6(12)10-7(13)9-5/h3H,2H2,1H3,(H2,9,10,12,13). The maximum absolute atomic E-state index is 9.41. The first-order valence-electron chi connectivity index (χ1n) is 3.84. The molecule has 0 saturated carbocycles. The van der Waals surface area contributed by atoms with Gasteiger partial charge in [0.05, 0.1) is 6.20 Å². The van der Waals surface area contributed by atoms with Gasteiger partial charge in [0.25, 0.3) is 0 Å². The van der Waals surface area contributed by atoms with Gasteiger partial charge in [-0.25, -0.2) is 9.67 Å². The summed E-state index contributed by atoms with van der Waals surface area (Å²) in [6.07, 6.45) is 1.54. The summed E-state index contributed by atoms with van der Waals surface area (Å²) in [5, 5.41) is 14.2. The van der Waals surface area contributed by atoms with Gasteiger partial charge in [-0.05, 0) is 6.92 Å². The van der Waals surface area contributed by atoms with Crippen LogP contribution in [0.1, 0.15) is 6.92 Å². The Bertz CT molecular complexity index is 453. The third-order valence-corrected chi connectivity index (χ3v) is 1.96. The van der Waals surface area contributed by atoms with Crippen LogP contribution in [0.3, 0.4) is 0 Å². The summed E-state index contributed by atoms with van der Waals surface area (Å²) in [7, 11) is 0. The lowest BCUT2D eigenvalue weighted by atomic mass is 10.4. The Morgan fingerprint density at radius 2 is 2.31 bits per heavy atom. The molecule has 0 radical (unpaired) electrons. The molecule has 68 valence electrons. The zero-order chi connectivity index (χ0) is 9.42. The van der Waals surface area contributed by atoms with Crippen LogP contribution in [0.25, 0.3) is 11.0 Å². The quantitative estimate of drug-likeness (QED) is 0.524. The van der Waals surface area contributed by atoms with Crippen LogP contribution < -0.4 is 0 Å². The van der Waals surface area contributed by atoms with E-state index in [1.165, 1.54) is 0 Å². The second-order valence-corrected chi connectivity index (χ2v) is 2.94. The van der Waals surface area contributed by atoms with Crippen LogP contribution in [-0.2, 0) is 6.54 Å². The lowest BCUT2D eigenvalue weighted by Gasteiger charge is -1.98. The second kappa shape index (κ2) is 2.88. The van der Waals surface area contributed by atoms with Gasteiger partial charge < -0.3 is 5.11 Å². The first-order valence-corrected chi connectivity index (χ1v) is 4.28. The van der Waals surface area contributed by atoms with Crippen molar-refractivity contribution in [1.82, 2.24) is 19.7 Å². The number of aryl methyl sites for hydroxylation is 1. The molecule has 13 heavy (non-hydrogen) atoms. The van der Waals surface area contributed by atoms with Gasteiger partial charge in [-0.3, -0.25) is 0 Å². The SMILES string of the molecule is CCn1ncc2c(O)nc(S)nc21. The molecular weight excluding hydrogens is 188 g/mol. The largest absolute Gasteiger partial charge is 0.493 e. The minimum atomic E-state index is -0.0744. The Morgan fingerprint density at radius 1 is 1.54 bits per heavy atom. The molecule has 0 bridgehead atoms. The van der Waals surface area contributed by atoms with E-state index >= 15 is 0 Å². The van der Waals surface area contributed by atoms with Gasteiger partial charge in [0.15, 0.2) is 10.8 Å². The molecule has 5 nitrogen and oxygen atoms in total. The van der Waals surface area contributed by atoms with Crippen molar-refractivity contribution in [2.75, 3.05) is 0 Å². The van der Waals surface area contributed by atoms with Gasteiger partial charge in [0.1, 0.15) is 5.39 Å². The average Bonchev–Trinajstić information content (AvgIpc) is 2.47. The number of hydrogen-bond donors (Lipinski definition) is 2. The maximum atomic E-state index is 9.41. The lowest BCUT2D eigenvalue weighted by Crippen LogP contribution is -1.98. The third-order valence-electron chi connectivity index (χ3n) is 1.76. The first kappa shape index (κ1) is 8.31. The fraction of sp³-hybridized carbons (Fsp3) is 0.286. The predicted octanol–water partition coefficient (Wildman–Crippen LogP) is 0.840. The summed E-state index contributed by atoms with van der Waals surface area (Å²) < 4.78 is 1.68. The van der Waals surface area contributed by atoms with Crippen molar-refractivity contribution >= 4 is 23.7 Å². The number of hydrogen-bond acceptors (Lipinski definition) is 5. The monoisotopic (exact) mass is 196 g/mol. The summed E-state index contributed by atoms with van der Waals surface area (Å²) >= 11 is 3.97. The summed E-state index contributed by atoms with van der Waals surface area (Å²) in [6.45, 7) is 2.65. The lowest BCUT2D eigenvalue weighted by molar-refractivity contribution is 0.453. The minimum absolute atomic E-state index is 0.0744. The van der Waals surface area contributed by atoms with Gasteiger partial charge in [0.2, 0.25) is 5.88 Å². The highest BCUT2D eigenvalue weighted by Gasteiger charge is 2.09. The summed E-state index contributed by atoms with van der Waals surface area (Å²) in [6, 6.07) is 0. The predicted molar refractivity (Wildman–Crippen MR) is 49.9 cm³/mol. The molecule has 2 aromatic rings. The van der Waals surface area contributed by atoms with Crippen LogP contribution in [0.4, 0.5) is 0 Å². The number of aromatic hydroxyl groups is 1. The zero-order valence-electron chi connectivity index (χ0n) is 6.97. The van der Waals surface area contributed by atoms with Gasteiger partial charge in [-0.2, -0.15) is 10.1 Å². The van der Waals surface area contributed by atoms with Crippen LogP contribution in [0.5, 0.6) is 5.88 Å². The van der Waals surface area contributed by atoms with E-state index in [9.17, 15) is 5.11 Å². The molecule has 0 saturated heterocycles. The van der Waals surface area contributed by atoms with E-state index in [-0.39, 0.29) is 11.0 Å². The molecule has 0 unspecified atom stereocenters. The van der Waals surface area contributed by atoms with Crippen molar-refractivity contribution in [2.45, 2.75) is 18.6 Å². The molecule has 2 rings (SSSR count). The molecule has 0 amide bonds. The van der Waals surface area contributed by atoms with Crippen molar-refractivity contribution in [3.05, 3.63) is 6.20 Å². The molecule has 0 aliphatic carbocycles. The summed E-state index contributed by atoms with van der Waals surface area (Å²) in [4.78, 5) is 7.77. The third kappa shape index (κ3) is 1.23. The fourth-order valence-corrected chi connectivity index (χ4v) is 1.35. The number of nitrogens with zero attached hydrogens (tertiary/aromatic N) is 4. The molecule has 0 fully saturated rings. The van der Waals surface area contributed by atoms with Gasteiger partial charge in [-0.1, -0.05) is 0 Å². The van der Waals surface area contributed by atoms with Crippen LogP contribution in [0.15, 0.2) is 11.4 Å². The first-order chi connectivity index (χ1) is 6.22. The Kier molecular flexibility index (Phi) is 1.84. The highest BCUT2D eigenvalue weighted by Crippen LogP contribution is 2.21. The Labute approximate surface area is 79.8 Å². The van der Waals surface area contributed by atoms with E-state index in [2.05, 4.69) is 27.7 Å². The average molecular weight is 196 g/mol. The number of fused-ring (bicyclic) bond motifs is 1. The fourth-order valence-electron chi connectivity index (χ4n) is 1.16. The van der Waals surface area contributed by atoms with E-state index < -0.39 is 0 Å². The number of rotatable bonds is 1.